The van der Waals surface area contributed by atoms with E-state index in [4.69, 9.17) is 18.5 Å². The van der Waals surface area contributed by atoms with Crippen molar-refractivity contribution in [3.05, 3.63) is 48.6 Å². The first-order valence-electron chi connectivity index (χ1n) is 29.8. The molecule has 416 valence electrons. The summed E-state index contributed by atoms with van der Waals surface area (Å²) in [6, 6.07) is 0. The van der Waals surface area contributed by atoms with Gasteiger partial charge in [-0.2, -0.15) is 0 Å². The van der Waals surface area contributed by atoms with Crippen LogP contribution in [0.2, 0.25) is 0 Å². The van der Waals surface area contributed by atoms with Gasteiger partial charge in [-0.05, 0) is 51.4 Å². The van der Waals surface area contributed by atoms with Gasteiger partial charge in [-0.15, -0.1) is 0 Å². The SMILES string of the molecule is CC/C=C\C/C=C\C/C=C\C/C=C\CCCCCCCCCCCCCCCCCCCCCCCCCCC(=O)OC(COC(=O)CCCCCCCCCCCC)COP(=O)([O-])OCC[N+](C)(C)C. The van der Waals surface area contributed by atoms with Crippen molar-refractivity contribution in [3.8, 4) is 0 Å². The third-order valence-electron chi connectivity index (χ3n) is 13.1. The molecular formula is C61H114NO8P. The second-order valence-corrected chi connectivity index (χ2v) is 22.8. The predicted octanol–water partition coefficient (Wildman–Crippen LogP) is 17.9. The molecule has 0 aliphatic heterocycles. The van der Waals surface area contributed by atoms with Gasteiger partial charge < -0.3 is 27.9 Å². The molecule has 2 atom stereocenters. The summed E-state index contributed by atoms with van der Waals surface area (Å²) < 4.78 is 34.0. The zero-order chi connectivity index (χ0) is 52.0. The van der Waals surface area contributed by atoms with E-state index in [1.807, 2.05) is 21.1 Å². The fraction of sp³-hybridized carbons (Fsp3) is 0.836. The second kappa shape index (κ2) is 52.8. The van der Waals surface area contributed by atoms with Crippen LogP contribution in [0, 0.1) is 0 Å². The number of phosphoric ester groups is 1. The van der Waals surface area contributed by atoms with E-state index in [9.17, 15) is 19.0 Å². The van der Waals surface area contributed by atoms with Gasteiger partial charge in [0, 0.05) is 12.8 Å². The molecule has 0 saturated carbocycles. The van der Waals surface area contributed by atoms with E-state index in [1.54, 1.807) is 0 Å². The molecule has 0 amide bonds. The number of allylic oxidation sites excluding steroid dienone is 8. The maximum Gasteiger partial charge on any atom is 0.306 e. The van der Waals surface area contributed by atoms with E-state index < -0.39 is 26.5 Å². The molecule has 0 bridgehead atoms. The first-order chi connectivity index (χ1) is 34.5. The number of quaternary nitrogens is 1. The Bertz CT molecular complexity index is 1340. The van der Waals surface area contributed by atoms with Crippen molar-refractivity contribution in [1.29, 1.82) is 0 Å². The number of rotatable bonds is 55. The van der Waals surface area contributed by atoms with E-state index >= 15 is 0 Å². The van der Waals surface area contributed by atoms with Crippen molar-refractivity contribution in [1.82, 2.24) is 0 Å². The number of hydrogen-bond acceptors (Lipinski definition) is 8. The lowest BCUT2D eigenvalue weighted by atomic mass is 10.0. The molecular weight excluding hydrogens is 906 g/mol. The number of unbranched alkanes of at least 4 members (excludes halogenated alkanes) is 33. The van der Waals surface area contributed by atoms with Crippen molar-refractivity contribution < 1.29 is 42.1 Å². The Labute approximate surface area is 439 Å². The molecule has 0 spiro atoms. The van der Waals surface area contributed by atoms with Crippen LogP contribution in [-0.2, 0) is 32.7 Å². The standard InChI is InChI=1S/C61H114NO8P/c1-6-8-10-12-14-16-18-19-20-21-22-23-24-25-26-27-28-29-30-31-32-33-34-35-36-37-38-39-40-41-42-43-44-46-48-50-52-54-61(64)70-59(58-69-71(65,66)68-56-55-62(3,4)5)57-67-60(63)53-51-49-47-45-17-15-13-11-9-7-2/h8,10,14,16,19-20,22-23,59H,6-7,9,11-13,15,17-18,21,24-58H2,1-5H3/b10-8-,16-14-,20-19-,23-22-. The summed E-state index contributed by atoms with van der Waals surface area (Å²) in [5.41, 5.74) is 0. The molecule has 9 nitrogen and oxygen atoms in total. The lowest BCUT2D eigenvalue weighted by Crippen LogP contribution is -2.37. The van der Waals surface area contributed by atoms with Crippen LogP contribution in [0.4, 0.5) is 0 Å². The van der Waals surface area contributed by atoms with Gasteiger partial charge in [0.1, 0.15) is 19.8 Å². The quantitative estimate of drug-likeness (QED) is 0.0195. The second-order valence-electron chi connectivity index (χ2n) is 21.3. The van der Waals surface area contributed by atoms with Gasteiger partial charge in [-0.1, -0.05) is 262 Å². The first-order valence-corrected chi connectivity index (χ1v) is 31.3. The highest BCUT2D eigenvalue weighted by molar-refractivity contribution is 7.45. The average Bonchev–Trinajstić information content (AvgIpc) is 3.33. The largest absolute Gasteiger partial charge is 0.756 e. The molecule has 0 aromatic rings. The number of esters is 2. The maximum absolute atomic E-state index is 12.8. The van der Waals surface area contributed by atoms with E-state index in [-0.39, 0.29) is 32.0 Å². The van der Waals surface area contributed by atoms with Crippen molar-refractivity contribution >= 4 is 19.8 Å². The van der Waals surface area contributed by atoms with E-state index in [2.05, 4.69) is 62.5 Å². The number of phosphoric acid groups is 1. The molecule has 0 heterocycles. The van der Waals surface area contributed by atoms with E-state index in [0.717, 1.165) is 57.8 Å². The van der Waals surface area contributed by atoms with Crippen LogP contribution in [0.5, 0.6) is 0 Å². The van der Waals surface area contributed by atoms with Gasteiger partial charge in [0.05, 0.1) is 27.7 Å². The van der Waals surface area contributed by atoms with Gasteiger partial charge in [0.2, 0.25) is 0 Å². The number of nitrogens with zero attached hydrogens (tertiary/aromatic N) is 1. The van der Waals surface area contributed by atoms with Gasteiger partial charge in [0.25, 0.3) is 7.82 Å². The van der Waals surface area contributed by atoms with Crippen LogP contribution in [0.3, 0.4) is 0 Å². The maximum atomic E-state index is 12.8. The molecule has 0 rings (SSSR count). The Kier molecular flexibility index (Phi) is 51.3. The number of carbonyl (C=O) groups excluding carboxylic acids is 2. The monoisotopic (exact) mass is 1020 g/mol. The Morgan fingerprint density at radius 2 is 0.803 bits per heavy atom. The lowest BCUT2D eigenvalue weighted by Gasteiger charge is -2.28. The van der Waals surface area contributed by atoms with Crippen LogP contribution in [0.25, 0.3) is 0 Å². The van der Waals surface area contributed by atoms with E-state index in [0.29, 0.717) is 17.4 Å². The Morgan fingerprint density at radius 3 is 1.20 bits per heavy atom. The minimum Gasteiger partial charge on any atom is -0.756 e. The molecule has 0 radical (unpaired) electrons. The molecule has 2 unspecified atom stereocenters. The first kappa shape index (κ1) is 69.0. The number of hydrogen-bond donors (Lipinski definition) is 0. The van der Waals surface area contributed by atoms with Crippen LogP contribution in [-0.4, -0.2) is 70.0 Å². The van der Waals surface area contributed by atoms with Crippen molar-refractivity contribution in [2.75, 3.05) is 47.5 Å². The molecule has 10 heteroatoms. The summed E-state index contributed by atoms with van der Waals surface area (Å²) in [5, 5.41) is 0. The van der Waals surface area contributed by atoms with Gasteiger partial charge in [-0.3, -0.25) is 14.2 Å². The molecule has 0 aromatic heterocycles. The van der Waals surface area contributed by atoms with Crippen molar-refractivity contribution in [3.63, 3.8) is 0 Å². The highest BCUT2D eigenvalue weighted by Crippen LogP contribution is 2.38. The van der Waals surface area contributed by atoms with Crippen LogP contribution < -0.4 is 4.89 Å². The topological polar surface area (TPSA) is 111 Å². The van der Waals surface area contributed by atoms with Crippen LogP contribution >= 0.6 is 7.82 Å². The Balaban J connectivity index is 3.86. The minimum atomic E-state index is -4.62. The normalized spacial score (nSPS) is 13.6. The lowest BCUT2D eigenvalue weighted by molar-refractivity contribution is -0.870. The fourth-order valence-electron chi connectivity index (χ4n) is 8.53. The highest BCUT2D eigenvalue weighted by Gasteiger charge is 2.22. The van der Waals surface area contributed by atoms with Gasteiger partial charge in [-0.25, -0.2) is 0 Å². The molecule has 0 aliphatic carbocycles. The number of ether oxygens (including phenoxy) is 2. The summed E-state index contributed by atoms with van der Waals surface area (Å²) in [4.78, 5) is 37.7. The summed E-state index contributed by atoms with van der Waals surface area (Å²) in [5.74, 6) is -0.822. The third-order valence-corrected chi connectivity index (χ3v) is 14.1. The number of carbonyl (C=O) groups is 2. The molecule has 0 N–H and O–H groups in total. The van der Waals surface area contributed by atoms with Crippen molar-refractivity contribution in [2.45, 2.75) is 283 Å². The van der Waals surface area contributed by atoms with Crippen LogP contribution in [0.1, 0.15) is 277 Å². The fourth-order valence-corrected chi connectivity index (χ4v) is 9.26. The van der Waals surface area contributed by atoms with Crippen molar-refractivity contribution in [2.24, 2.45) is 0 Å². The molecule has 0 aromatic carbocycles. The number of likely N-dealkylation sites (N-methyl/N-ethyl adjacent to an activating group) is 1. The van der Waals surface area contributed by atoms with Crippen LogP contribution in [0.15, 0.2) is 48.6 Å². The highest BCUT2D eigenvalue weighted by atomic mass is 31.2. The third kappa shape index (κ3) is 57.1. The summed E-state index contributed by atoms with van der Waals surface area (Å²) in [6.07, 6.45) is 66.3. The minimum absolute atomic E-state index is 0.0280. The predicted molar refractivity (Wildman–Crippen MR) is 300 cm³/mol. The molecule has 0 fully saturated rings. The van der Waals surface area contributed by atoms with Gasteiger partial charge >= 0.3 is 11.9 Å². The molecule has 0 aliphatic rings. The molecule has 0 saturated heterocycles. The zero-order valence-corrected chi connectivity index (χ0v) is 48.1. The smallest absolute Gasteiger partial charge is 0.306 e. The Morgan fingerprint density at radius 1 is 0.451 bits per heavy atom. The van der Waals surface area contributed by atoms with Gasteiger partial charge in [0.15, 0.2) is 6.10 Å². The summed E-state index contributed by atoms with van der Waals surface area (Å²) in [7, 11) is 1.18. The Hall–Kier alpha value is -2.03. The molecule has 71 heavy (non-hydrogen) atoms. The zero-order valence-electron chi connectivity index (χ0n) is 47.2. The van der Waals surface area contributed by atoms with E-state index in [1.165, 1.54) is 186 Å². The summed E-state index contributed by atoms with van der Waals surface area (Å²) >= 11 is 0. The summed E-state index contributed by atoms with van der Waals surface area (Å²) in [6.45, 7) is 4.14. The average molecular weight is 1020 g/mol.